The Morgan fingerprint density at radius 1 is 1.12 bits per heavy atom. The summed E-state index contributed by atoms with van der Waals surface area (Å²) in [7, 11) is 0. The van der Waals surface area contributed by atoms with Crippen LogP contribution in [0.25, 0.3) is 0 Å². The van der Waals surface area contributed by atoms with Gasteiger partial charge in [-0.25, -0.2) is 14.4 Å². The topological polar surface area (TPSA) is 67.2 Å². The number of nitrogens with zero attached hydrogens (tertiary/aromatic N) is 6. The van der Waals surface area contributed by atoms with Crippen molar-refractivity contribution in [1.29, 1.82) is 0 Å². The molecule has 2 aromatic heterocycles. The molecule has 0 N–H and O–H groups in total. The van der Waals surface area contributed by atoms with Crippen molar-refractivity contribution in [3.63, 3.8) is 0 Å². The Morgan fingerprint density at radius 3 is 2.64 bits per heavy atom. The van der Waals surface area contributed by atoms with Gasteiger partial charge in [0.1, 0.15) is 18.0 Å². The summed E-state index contributed by atoms with van der Waals surface area (Å²) in [6.07, 6.45) is 6.77. The normalized spacial score (nSPS) is 16.7. The highest BCUT2D eigenvalue weighted by molar-refractivity contribution is 5.76. The Bertz CT molecular complexity index is 1110. The number of carbonyl (C=O) groups excluding carboxylic acids is 1. The number of hydrogen-bond donors (Lipinski definition) is 0. The number of rotatable bonds is 5. The highest BCUT2D eigenvalue weighted by Gasteiger charge is 2.29. The van der Waals surface area contributed by atoms with Crippen LogP contribution in [-0.2, 0) is 24.3 Å². The first-order valence-corrected chi connectivity index (χ1v) is 11.6. The Balaban J connectivity index is 1.20. The molecule has 2 aliphatic rings. The third-order valence-corrected chi connectivity index (χ3v) is 6.91. The number of amides is 1. The molecule has 3 aromatic rings. The van der Waals surface area contributed by atoms with Crippen LogP contribution in [0.15, 0.2) is 42.9 Å². The first-order chi connectivity index (χ1) is 16.1. The molecule has 0 spiro atoms. The highest BCUT2D eigenvalue weighted by Crippen LogP contribution is 2.27. The molecule has 7 nitrogen and oxygen atoms in total. The van der Waals surface area contributed by atoms with Crippen LogP contribution < -0.4 is 4.90 Å². The average molecular weight is 449 g/mol. The number of aromatic nitrogens is 4. The van der Waals surface area contributed by atoms with Gasteiger partial charge in [-0.3, -0.25) is 9.48 Å². The molecule has 0 unspecified atom stereocenters. The van der Waals surface area contributed by atoms with Gasteiger partial charge in [0, 0.05) is 32.3 Å². The summed E-state index contributed by atoms with van der Waals surface area (Å²) in [5, 5.41) is 4.73. The molecule has 0 radical (unpaired) electrons. The minimum Gasteiger partial charge on any atom is -0.357 e. The van der Waals surface area contributed by atoms with Crippen molar-refractivity contribution < 1.29 is 9.18 Å². The van der Waals surface area contributed by atoms with Gasteiger partial charge in [0.15, 0.2) is 0 Å². The quantitative estimate of drug-likeness (QED) is 0.599. The third-order valence-electron chi connectivity index (χ3n) is 6.91. The third kappa shape index (κ3) is 4.74. The van der Waals surface area contributed by atoms with Crippen LogP contribution in [0.5, 0.6) is 0 Å². The predicted molar refractivity (Wildman–Crippen MR) is 123 cm³/mol. The molecule has 1 aromatic carbocycles. The smallest absolute Gasteiger partial charge is 0.223 e. The van der Waals surface area contributed by atoms with Crippen molar-refractivity contribution in [2.45, 2.75) is 45.7 Å². The van der Waals surface area contributed by atoms with Crippen LogP contribution in [0, 0.1) is 18.7 Å². The van der Waals surface area contributed by atoms with Crippen molar-refractivity contribution in [3.05, 3.63) is 71.2 Å². The summed E-state index contributed by atoms with van der Waals surface area (Å²) in [5.74, 6) is 1.36. The SMILES string of the molecule is Cc1nn(Cc2ccc(F)cc2)c2c1CCN(C(=O)CC1CCN(c3ccncn3)CC1)C2. The number of halogens is 1. The summed E-state index contributed by atoms with van der Waals surface area (Å²) in [4.78, 5) is 25.7. The van der Waals surface area contributed by atoms with Crippen molar-refractivity contribution in [3.8, 4) is 0 Å². The zero-order valence-corrected chi connectivity index (χ0v) is 19.0. The lowest BCUT2D eigenvalue weighted by Gasteiger charge is -2.34. The summed E-state index contributed by atoms with van der Waals surface area (Å²) in [6, 6.07) is 8.47. The van der Waals surface area contributed by atoms with Crippen molar-refractivity contribution >= 4 is 11.7 Å². The molecule has 0 atom stereocenters. The standard InChI is InChI=1S/C25H29FN6O/c1-18-22-9-13-31(16-23(22)32(29-18)15-20-2-4-21(26)5-3-20)25(33)14-19-7-11-30(12-8-19)24-6-10-27-17-28-24/h2-6,10,17,19H,7-9,11-16H2,1H3. The van der Waals surface area contributed by atoms with Crippen LogP contribution in [0.1, 0.15) is 41.8 Å². The van der Waals surface area contributed by atoms with E-state index in [4.69, 9.17) is 5.10 Å². The van der Waals surface area contributed by atoms with Crippen LogP contribution in [0.4, 0.5) is 10.2 Å². The van der Waals surface area contributed by atoms with Gasteiger partial charge in [-0.2, -0.15) is 5.10 Å². The molecule has 2 aliphatic heterocycles. The molecule has 0 aliphatic carbocycles. The second-order valence-electron chi connectivity index (χ2n) is 9.06. The Kier molecular flexibility index (Phi) is 6.07. The summed E-state index contributed by atoms with van der Waals surface area (Å²) in [6.45, 7) is 5.79. The van der Waals surface area contributed by atoms with Gasteiger partial charge in [0.2, 0.25) is 5.91 Å². The Labute approximate surface area is 193 Å². The van der Waals surface area contributed by atoms with E-state index in [-0.39, 0.29) is 11.7 Å². The van der Waals surface area contributed by atoms with Crippen LogP contribution >= 0.6 is 0 Å². The first-order valence-electron chi connectivity index (χ1n) is 11.6. The number of piperidine rings is 1. The largest absolute Gasteiger partial charge is 0.357 e. The molecule has 0 saturated carbocycles. The second-order valence-corrected chi connectivity index (χ2v) is 9.06. The molecule has 5 rings (SSSR count). The molecule has 1 fully saturated rings. The van der Waals surface area contributed by atoms with E-state index in [1.165, 1.54) is 17.7 Å². The van der Waals surface area contributed by atoms with E-state index in [1.807, 2.05) is 22.6 Å². The predicted octanol–water partition coefficient (Wildman–Crippen LogP) is 3.36. The molecular weight excluding hydrogens is 419 g/mol. The molecule has 1 amide bonds. The fourth-order valence-corrected chi connectivity index (χ4v) is 4.99. The van der Waals surface area contributed by atoms with Gasteiger partial charge in [0.05, 0.1) is 24.5 Å². The summed E-state index contributed by atoms with van der Waals surface area (Å²) in [5.41, 5.74) is 4.38. The van der Waals surface area contributed by atoms with Gasteiger partial charge < -0.3 is 9.80 Å². The maximum Gasteiger partial charge on any atom is 0.223 e. The fourth-order valence-electron chi connectivity index (χ4n) is 4.99. The lowest BCUT2D eigenvalue weighted by atomic mass is 9.92. The van der Waals surface area contributed by atoms with E-state index < -0.39 is 0 Å². The number of benzene rings is 1. The second kappa shape index (κ2) is 9.29. The molecule has 0 bridgehead atoms. The number of hydrogen-bond acceptors (Lipinski definition) is 5. The molecular formula is C25H29FN6O. The first kappa shape index (κ1) is 21.6. The number of fused-ring (bicyclic) bond motifs is 1. The number of aryl methyl sites for hydroxylation is 1. The zero-order chi connectivity index (χ0) is 22.8. The van der Waals surface area contributed by atoms with Crippen LogP contribution in [0.3, 0.4) is 0 Å². The summed E-state index contributed by atoms with van der Waals surface area (Å²) >= 11 is 0. The van der Waals surface area contributed by atoms with Crippen LogP contribution in [0.2, 0.25) is 0 Å². The molecule has 8 heteroatoms. The zero-order valence-electron chi connectivity index (χ0n) is 19.0. The van der Waals surface area contributed by atoms with E-state index in [0.717, 1.165) is 61.7 Å². The van der Waals surface area contributed by atoms with Crippen molar-refractivity contribution in [2.75, 3.05) is 24.5 Å². The van der Waals surface area contributed by atoms with E-state index in [1.54, 1.807) is 24.7 Å². The number of anilines is 1. The van der Waals surface area contributed by atoms with Crippen LogP contribution in [-0.4, -0.2) is 50.2 Å². The van der Waals surface area contributed by atoms with Gasteiger partial charge in [-0.15, -0.1) is 0 Å². The van der Waals surface area contributed by atoms with Gasteiger partial charge >= 0.3 is 0 Å². The van der Waals surface area contributed by atoms with Gasteiger partial charge in [0.25, 0.3) is 0 Å². The highest BCUT2D eigenvalue weighted by atomic mass is 19.1. The number of carbonyl (C=O) groups is 1. The Morgan fingerprint density at radius 2 is 1.91 bits per heavy atom. The van der Waals surface area contributed by atoms with E-state index in [2.05, 4.69) is 14.9 Å². The lowest BCUT2D eigenvalue weighted by Crippen LogP contribution is -2.40. The Hall–Kier alpha value is -3.29. The van der Waals surface area contributed by atoms with Gasteiger partial charge in [-0.1, -0.05) is 12.1 Å². The molecule has 33 heavy (non-hydrogen) atoms. The monoisotopic (exact) mass is 448 g/mol. The van der Waals surface area contributed by atoms with Gasteiger partial charge in [-0.05, 0) is 61.4 Å². The lowest BCUT2D eigenvalue weighted by molar-refractivity contribution is -0.133. The van der Waals surface area contributed by atoms with E-state index in [9.17, 15) is 9.18 Å². The average Bonchev–Trinajstić information content (AvgIpc) is 3.16. The minimum absolute atomic E-state index is 0.230. The van der Waals surface area contributed by atoms with Crippen molar-refractivity contribution in [1.82, 2.24) is 24.6 Å². The summed E-state index contributed by atoms with van der Waals surface area (Å²) < 4.78 is 15.3. The maximum absolute atomic E-state index is 13.3. The molecule has 172 valence electrons. The van der Waals surface area contributed by atoms with Crippen molar-refractivity contribution in [2.24, 2.45) is 5.92 Å². The molecule has 1 saturated heterocycles. The fraction of sp³-hybridized carbons (Fsp3) is 0.440. The minimum atomic E-state index is -0.239. The van der Waals surface area contributed by atoms with E-state index in [0.29, 0.717) is 25.4 Å². The maximum atomic E-state index is 13.3. The van der Waals surface area contributed by atoms with E-state index >= 15 is 0 Å². The molecule has 4 heterocycles.